The third-order valence-corrected chi connectivity index (χ3v) is 15.8. The summed E-state index contributed by atoms with van der Waals surface area (Å²) < 4.78 is 60.1. The predicted octanol–water partition coefficient (Wildman–Crippen LogP) is 11.1. The number of nitrogens with one attached hydrogen (secondary N) is 4. The average Bonchev–Trinajstić information content (AvgIpc) is 3.14. The molecule has 2 saturated carbocycles. The van der Waals surface area contributed by atoms with E-state index in [1.54, 1.807) is 12.1 Å². The highest BCUT2D eigenvalue weighted by Crippen LogP contribution is 2.47. The number of carbonyl (C=O) groups is 2. The minimum atomic E-state index is -4.23. The van der Waals surface area contributed by atoms with Crippen molar-refractivity contribution >= 4 is 124 Å². The molecule has 2 fully saturated rings. The molecule has 3 aliphatic rings. The summed E-state index contributed by atoms with van der Waals surface area (Å²) in [4.78, 5) is 27.9. The summed E-state index contributed by atoms with van der Waals surface area (Å²) in [6.45, 7) is 0. The van der Waals surface area contributed by atoms with Gasteiger partial charge in [0.05, 0.1) is 64.0 Å². The quantitative estimate of drug-likeness (QED) is 0.108. The Balaban J connectivity index is 1.32. The van der Waals surface area contributed by atoms with Crippen LogP contribution in [-0.4, -0.2) is 40.5 Å². The molecule has 0 aromatic heterocycles. The van der Waals surface area contributed by atoms with Crippen molar-refractivity contribution < 1.29 is 26.4 Å². The molecule has 0 amide bonds. The number of fused-ring (bicyclic) bond motifs is 2. The number of benzene rings is 4. The van der Waals surface area contributed by atoms with Gasteiger partial charge in [-0.1, -0.05) is 132 Å². The number of sulfonamides is 2. The molecule has 4 N–H and O–H groups in total. The van der Waals surface area contributed by atoms with E-state index < -0.39 is 41.4 Å². The lowest BCUT2D eigenvalue weighted by Crippen LogP contribution is -2.36. The highest BCUT2D eigenvalue weighted by atomic mass is 35.5. The van der Waals surface area contributed by atoms with Crippen LogP contribution in [-0.2, 0) is 20.0 Å². The van der Waals surface area contributed by atoms with E-state index in [0.717, 1.165) is 38.5 Å². The summed E-state index contributed by atoms with van der Waals surface area (Å²) >= 11 is 39.7. The molecule has 0 saturated heterocycles. The van der Waals surface area contributed by atoms with Gasteiger partial charge in [-0.05, 0) is 49.9 Å². The lowest BCUT2D eigenvalue weighted by atomic mass is 9.82. The molecule has 0 bridgehead atoms. The number of anilines is 4. The van der Waals surface area contributed by atoms with Gasteiger partial charge in [0.15, 0.2) is 11.6 Å². The van der Waals surface area contributed by atoms with E-state index in [0.29, 0.717) is 25.7 Å². The second kappa shape index (κ2) is 16.6. The third kappa shape index (κ3) is 8.04. The van der Waals surface area contributed by atoms with E-state index in [1.807, 2.05) is 0 Å². The first-order valence-electron chi connectivity index (χ1n) is 17.9. The summed E-state index contributed by atoms with van der Waals surface area (Å²) in [5.74, 6) is -1.11. The second-order valence-corrected chi connectivity index (χ2v) is 19.7. The summed E-state index contributed by atoms with van der Waals surface area (Å²) in [6, 6.07) is 11.0. The Labute approximate surface area is 355 Å². The standard InChI is InChI=1S/C38H34Cl6N4O6S2/c39-23-17-25(41)37(55(51,52)47-19-9-3-1-4-10-19)31(43)33(23)45-27-15-16-28(30-29(27)35(49)21-13-7-8-14-22(21)36(30)50)46-34-24(40)18-26(42)38(32(34)44)56(53,54)48-20-11-5-2-6-12-20/h7-8,13-20,45-48H,1-6,9-12H2. The zero-order chi connectivity index (χ0) is 40.1. The van der Waals surface area contributed by atoms with Crippen molar-refractivity contribution in [3.8, 4) is 0 Å². The highest BCUT2D eigenvalue weighted by molar-refractivity contribution is 7.90. The summed E-state index contributed by atoms with van der Waals surface area (Å²) in [7, 11) is -8.46. The third-order valence-electron chi connectivity index (χ3n) is 10.2. The maximum atomic E-state index is 14.3. The zero-order valence-electron chi connectivity index (χ0n) is 29.4. The molecule has 4 aromatic rings. The van der Waals surface area contributed by atoms with Gasteiger partial charge in [-0.15, -0.1) is 0 Å². The largest absolute Gasteiger partial charge is 0.352 e. The summed E-state index contributed by atoms with van der Waals surface area (Å²) in [5.41, 5.74) is -0.0353. The molecule has 18 heteroatoms. The van der Waals surface area contributed by atoms with E-state index in [4.69, 9.17) is 69.6 Å². The van der Waals surface area contributed by atoms with Gasteiger partial charge >= 0.3 is 0 Å². The van der Waals surface area contributed by atoms with Gasteiger partial charge in [0.2, 0.25) is 20.0 Å². The smallest absolute Gasteiger partial charge is 0.243 e. The van der Waals surface area contributed by atoms with Crippen molar-refractivity contribution in [2.75, 3.05) is 10.6 Å². The van der Waals surface area contributed by atoms with Crippen LogP contribution >= 0.6 is 69.6 Å². The van der Waals surface area contributed by atoms with Crippen LogP contribution < -0.4 is 20.1 Å². The molecule has 0 spiro atoms. The van der Waals surface area contributed by atoms with Gasteiger partial charge in [-0.3, -0.25) is 9.59 Å². The van der Waals surface area contributed by atoms with Crippen molar-refractivity contribution in [3.63, 3.8) is 0 Å². The number of hydrogen-bond acceptors (Lipinski definition) is 8. The fourth-order valence-electron chi connectivity index (χ4n) is 7.56. The summed E-state index contributed by atoms with van der Waals surface area (Å²) in [6.07, 6.45) is 8.20. The van der Waals surface area contributed by atoms with Crippen LogP contribution in [0, 0.1) is 0 Å². The summed E-state index contributed by atoms with van der Waals surface area (Å²) in [5, 5.41) is 4.84. The molecular weight excluding hydrogens is 885 g/mol. The van der Waals surface area contributed by atoms with Gasteiger partial charge in [-0.25, -0.2) is 26.3 Å². The Hall–Kier alpha value is -2.62. The van der Waals surface area contributed by atoms with Crippen molar-refractivity contribution in [1.82, 2.24) is 9.44 Å². The molecular formula is C38H34Cl6N4O6S2. The SMILES string of the molecule is O=C1c2ccccc2C(=O)c2c(Nc3c(Cl)cc(Cl)c(S(=O)(=O)NC4CCCCC4)c3Cl)ccc(Nc3c(Cl)cc(Cl)c(S(=O)(=O)NC4CCCCC4)c3Cl)c21. The maximum absolute atomic E-state index is 14.3. The molecule has 0 aliphatic heterocycles. The van der Waals surface area contributed by atoms with Crippen LogP contribution in [0.15, 0.2) is 58.3 Å². The van der Waals surface area contributed by atoms with Crippen molar-refractivity contribution in [3.05, 3.63) is 101 Å². The van der Waals surface area contributed by atoms with Gasteiger partial charge < -0.3 is 10.6 Å². The normalized spacial score (nSPS) is 16.8. The minimum absolute atomic E-state index is 0.0568. The van der Waals surface area contributed by atoms with E-state index in [2.05, 4.69) is 20.1 Å². The number of ketones is 2. The topological polar surface area (TPSA) is 151 Å². The number of rotatable bonds is 10. The molecule has 296 valence electrons. The van der Waals surface area contributed by atoms with Crippen LogP contribution in [0.5, 0.6) is 0 Å². The first-order chi connectivity index (χ1) is 26.6. The van der Waals surface area contributed by atoms with Crippen LogP contribution in [0.2, 0.25) is 30.1 Å². The van der Waals surface area contributed by atoms with Crippen molar-refractivity contribution in [1.29, 1.82) is 0 Å². The molecule has 7 rings (SSSR count). The first kappa shape index (κ1) is 41.5. The molecule has 0 heterocycles. The van der Waals surface area contributed by atoms with E-state index in [-0.39, 0.29) is 87.2 Å². The van der Waals surface area contributed by atoms with Crippen molar-refractivity contribution in [2.45, 2.75) is 86.1 Å². The van der Waals surface area contributed by atoms with Crippen LogP contribution in [0.3, 0.4) is 0 Å². The van der Waals surface area contributed by atoms with Gasteiger partial charge in [0, 0.05) is 23.2 Å². The fraction of sp³-hybridized carbons (Fsp3) is 0.316. The second-order valence-electron chi connectivity index (χ2n) is 14.0. The van der Waals surface area contributed by atoms with E-state index >= 15 is 0 Å². The predicted molar refractivity (Wildman–Crippen MR) is 224 cm³/mol. The Kier molecular flexibility index (Phi) is 12.3. The van der Waals surface area contributed by atoms with Gasteiger partial charge in [0.25, 0.3) is 0 Å². The molecule has 3 aliphatic carbocycles. The van der Waals surface area contributed by atoms with E-state index in [9.17, 15) is 26.4 Å². The van der Waals surface area contributed by atoms with Gasteiger partial charge in [0.1, 0.15) is 9.79 Å². The Bertz CT molecular complexity index is 2340. The molecule has 0 unspecified atom stereocenters. The average molecular weight is 920 g/mol. The highest BCUT2D eigenvalue weighted by Gasteiger charge is 2.36. The monoisotopic (exact) mass is 916 g/mol. The molecule has 4 aromatic carbocycles. The first-order valence-corrected chi connectivity index (χ1v) is 23.1. The van der Waals surface area contributed by atoms with Gasteiger partial charge in [-0.2, -0.15) is 0 Å². The molecule has 0 atom stereocenters. The van der Waals surface area contributed by atoms with Crippen LogP contribution in [0.1, 0.15) is 96.1 Å². The molecule has 10 nitrogen and oxygen atoms in total. The van der Waals surface area contributed by atoms with Crippen LogP contribution in [0.4, 0.5) is 22.7 Å². The Morgan fingerprint density at radius 2 is 0.857 bits per heavy atom. The maximum Gasteiger partial charge on any atom is 0.243 e. The van der Waals surface area contributed by atoms with Crippen LogP contribution in [0.25, 0.3) is 0 Å². The fourth-order valence-corrected chi connectivity index (χ4v) is 13.4. The minimum Gasteiger partial charge on any atom is -0.352 e. The number of halogens is 6. The lowest BCUT2D eigenvalue weighted by molar-refractivity contribution is 0.0980. The van der Waals surface area contributed by atoms with E-state index in [1.165, 1.54) is 36.4 Å². The van der Waals surface area contributed by atoms with Crippen molar-refractivity contribution in [2.24, 2.45) is 0 Å². The Morgan fingerprint density at radius 1 is 0.500 bits per heavy atom. The number of carbonyl (C=O) groups excluding carboxylic acids is 2. The molecule has 0 radical (unpaired) electrons. The lowest BCUT2D eigenvalue weighted by Gasteiger charge is -2.26. The Morgan fingerprint density at radius 3 is 1.21 bits per heavy atom. The number of hydrogen-bond donors (Lipinski definition) is 4. The molecule has 56 heavy (non-hydrogen) atoms. The zero-order valence-corrected chi connectivity index (χ0v) is 35.5.